The maximum atomic E-state index is 12.1. The Morgan fingerprint density at radius 2 is 2.09 bits per heavy atom. The molecule has 0 radical (unpaired) electrons. The Kier molecular flexibility index (Phi) is 5.10. The lowest BCUT2D eigenvalue weighted by Gasteiger charge is -2.11. The lowest BCUT2D eigenvalue weighted by atomic mass is 10.2. The van der Waals surface area contributed by atoms with Gasteiger partial charge in [-0.15, -0.1) is 6.58 Å². The van der Waals surface area contributed by atoms with Crippen LogP contribution in [0.4, 0.5) is 5.95 Å². The maximum absolute atomic E-state index is 12.1. The number of nitrogens with one attached hydrogen (secondary N) is 2. The van der Waals surface area contributed by atoms with Crippen molar-refractivity contribution in [2.24, 2.45) is 0 Å². The van der Waals surface area contributed by atoms with Crippen molar-refractivity contribution in [2.45, 2.75) is 0 Å². The third-order valence-electron chi connectivity index (χ3n) is 2.80. The summed E-state index contributed by atoms with van der Waals surface area (Å²) in [6.45, 7) is 4.08. The molecular weight excluding hydrogens is 286 g/mol. The molecule has 0 aliphatic heterocycles. The normalized spacial score (nSPS) is 10.1. The number of nitrogens with zero attached hydrogens (tertiary/aromatic N) is 3. The molecule has 0 fully saturated rings. The third-order valence-corrected chi connectivity index (χ3v) is 2.80. The summed E-state index contributed by atoms with van der Waals surface area (Å²) in [4.78, 5) is 20.0. The van der Waals surface area contributed by atoms with Gasteiger partial charge < -0.3 is 9.47 Å². The maximum Gasteiger partial charge on any atom is 0.356 e. The van der Waals surface area contributed by atoms with E-state index in [4.69, 9.17) is 9.47 Å². The molecule has 0 saturated heterocycles. The Morgan fingerprint density at radius 3 is 2.73 bits per heavy atom. The van der Waals surface area contributed by atoms with Gasteiger partial charge in [0.25, 0.3) is 0 Å². The molecule has 0 unspecified atom stereocenters. The fraction of sp³-hybridized carbons (Fsp3) is 0.214. The van der Waals surface area contributed by atoms with Crippen molar-refractivity contribution in [3.63, 3.8) is 0 Å². The van der Waals surface area contributed by atoms with Crippen molar-refractivity contribution in [2.75, 3.05) is 26.2 Å². The Labute approximate surface area is 127 Å². The van der Waals surface area contributed by atoms with Crippen LogP contribution in [0.1, 0.15) is 0 Å². The van der Waals surface area contributed by atoms with Crippen molar-refractivity contribution < 1.29 is 9.47 Å². The van der Waals surface area contributed by atoms with Gasteiger partial charge in [-0.25, -0.2) is 15.2 Å². The molecule has 8 heteroatoms. The second-order valence-corrected chi connectivity index (χ2v) is 4.17. The Balaban J connectivity index is 2.29. The largest absolute Gasteiger partial charge is 0.493 e. The van der Waals surface area contributed by atoms with Crippen LogP contribution in [0.15, 0.2) is 42.0 Å². The van der Waals surface area contributed by atoms with E-state index < -0.39 is 5.69 Å². The van der Waals surface area contributed by atoms with Crippen molar-refractivity contribution >= 4 is 5.95 Å². The summed E-state index contributed by atoms with van der Waals surface area (Å²) in [5, 5.41) is 0. The van der Waals surface area contributed by atoms with Crippen LogP contribution in [0.5, 0.6) is 11.5 Å². The molecule has 2 aromatic rings. The highest BCUT2D eigenvalue weighted by Gasteiger charge is 2.08. The zero-order valence-corrected chi connectivity index (χ0v) is 12.4. The van der Waals surface area contributed by atoms with Crippen LogP contribution in [0.2, 0.25) is 0 Å². The zero-order valence-electron chi connectivity index (χ0n) is 12.4. The second-order valence-electron chi connectivity index (χ2n) is 4.17. The lowest BCUT2D eigenvalue weighted by molar-refractivity contribution is 0.355. The van der Waals surface area contributed by atoms with E-state index in [9.17, 15) is 4.79 Å². The summed E-state index contributed by atoms with van der Waals surface area (Å²) in [5.74, 6) is 1.28. The molecule has 116 valence electrons. The minimum atomic E-state index is -0.467. The van der Waals surface area contributed by atoms with Gasteiger partial charge in [0.15, 0.2) is 11.5 Å². The summed E-state index contributed by atoms with van der Waals surface area (Å²) in [7, 11) is 3.07. The monoisotopic (exact) mass is 303 g/mol. The van der Waals surface area contributed by atoms with Crippen LogP contribution in [-0.2, 0) is 0 Å². The molecule has 0 aliphatic rings. The van der Waals surface area contributed by atoms with Crippen LogP contribution in [0.25, 0.3) is 5.69 Å². The lowest BCUT2D eigenvalue weighted by Crippen LogP contribution is -2.28. The van der Waals surface area contributed by atoms with Gasteiger partial charge in [0.2, 0.25) is 5.95 Å². The summed E-state index contributed by atoms with van der Waals surface area (Å²) >= 11 is 0. The summed E-state index contributed by atoms with van der Waals surface area (Å²) in [6.07, 6.45) is 3.05. The smallest absolute Gasteiger partial charge is 0.356 e. The SMILES string of the molecule is C=CCNNc1ncn(-c2ccc(OC)c(OC)c2)c(=O)n1. The molecule has 0 spiro atoms. The van der Waals surface area contributed by atoms with E-state index in [1.54, 1.807) is 31.4 Å². The molecule has 8 nitrogen and oxygen atoms in total. The third kappa shape index (κ3) is 3.41. The molecular formula is C14H17N5O3. The highest BCUT2D eigenvalue weighted by molar-refractivity contribution is 5.48. The molecule has 2 N–H and O–H groups in total. The van der Waals surface area contributed by atoms with E-state index in [0.717, 1.165) is 0 Å². The number of hydrazine groups is 1. The van der Waals surface area contributed by atoms with Crippen LogP contribution >= 0.6 is 0 Å². The predicted octanol–water partition coefficient (Wildman–Crippen LogP) is 0.747. The Hall–Kier alpha value is -2.87. The van der Waals surface area contributed by atoms with Crippen LogP contribution in [-0.4, -0.2) is 35.3 Å². The minimum absolute atomic E-state index is 0.184. The molecule has 0 aliphatic carbocycles. The summed E-state index contributed by atoms with van der Waals surface area (Å²) < 4.78 is 11.7. The van der Waals surface area contributed by atoms with Gasteiger partial charge in [0, 0.05) is 12.6 Å². The fourth-order valence-corrected chi connectivity index (χ4v) is 1.75. The van der Waals surface area contributed by atoms with E-state index in [2.05, 4.69) is 27.4 Å². The zero-order chi connectivity index (χ0) is 15.9. The van der Waals surface area contributed by atoms with E-state index in [1.165, 1.54) is 18.0 Å². The van der Waals surface area contributed by atoms with Crippen molar-refractivity contribution in [3.8, 4) is 17.2 Å². The number of anilines is 1. The highest BCUT2D eigenvalue weighted by Crippen LogP contribution is 2.28. The van der Waals surface area contributed by atoms with Gasteiger partial charge in [-0.2, -0.15) is 4.98 Å². The van der Waals surface area contributed by atoms with Gasteiger partial charge in [-0.05, 0) is 12.1 Å². The molecule has 0 amide bonds. The molecule has 0 atom stereocenters. The number of benzene rings is 1. The molecule has 2 rings (SSSR count). The first-order valence-corrected chi connectivity index (χ1v) is 6.47. The Bertz CT molecular complexity index is 714. The first-order chi connectivity index (χ1) is 10.7. The molecule has 22 heavy (non-hydrogen) atoms. The quantitative estimate of drug-likeness (QED) is 0.443. The van der Waals surface area contributed by atoms with E-state index >= 15 is 0 Å². The van der Waals surface area contributed by atoms with Gasteiger partial charge in [0.1, 0.15) is 6.33 Å². The van der Waals surface area contributed by atoms with Crippen molar-refractivity contribution in [1.82, 2.24) is 20.0 Å². The predicted molar refractivity (Wildman–Crippen MR) is 82.6 cm³/mol. The fourth-order valence-electron chi connectivity index (χ4n) is 1.75. The average Bonchev–Trinajstić information content (AvgIpc) is 2.54. The first-order valence-electron chi connectivity index (χ1n) is 6.47. The van der Waals surface area contributed by atoms with E-state index in [1.807, 2.05) is 0 Å². The number of ether oxygens (including phenoxy) is 2. The van der Waals surface area contributed by atoms with Crippen LogP contribution in [0, 0.1) is 0 Å². The topological polar surface area (TPSA) is 90.3 Å². The minimum Gasteiger partial charge on any atom is -0.493 e. The summed E-state index contributed by atoms with van der Waals surface area (Å²) in [6, 6.07) is 5.10. The van der Waals surface area contributed by atoms with Crippen LogP contribution in [0.3, 0.4) is 0 Å². The van der Waals surface area contributed by atoms with Gasteiger partial charge in [-0.1, -0.05) is 6.08 Å². The molecule has 1 heterocycles. The molecule has 1 aromatic carbocycles. The number of rotatable bonds is 7. The number of methoxy groups -OCH3 is 2. The van der Waals surface area contributed by atoms with Gasteiger partial charge >= 0.3 is 5.69 Å². The standard InChI is InChI=1S/C14H17N5O3/c1-4-7-16-18-13-15-9-19(14(20)17-13)10-5-6-11(21-2)12(8-10)22-3/h4-6,8-9,16H,1,7H2,2-3H3,(H,17,18,20). The average molecular weight is 303 g/mol. The number of aromatic nitrogens is 3. The number of hydrogen-bond donors (Lipinski definition) is 2. The van der Waals surface area contributed by atoms with Gasteiger partial charge in [0.05, 0.1) is 19.9 Å². The highest BCUT2D eigenvalue weighted by atomic mass is 16.5. The molecule has 0 saturated carbocycles. The second kappa shape index (κ2) is 7.23. The Morgan fingerprint density at radius 1 is 1.32 bits per heavy atom. The molecule has 1 aromatic heterocycles. The van der Waals surface area contributed by atoms with Crippen LogP contribution < -0.4 is 26.0 Å². The number of hydrogen-bond acceptors (Lipinski definition) is 7. The first kappa shape index (κ1) is 15.5. The van der Waals surface area contributed by atoms with Gasteiger partial charge in [-0.3, -0.25) is 9.99 Å². The molecule has 0 bridgehead atoms. The van der Waals surface area contributed by atoms with Crippen molar-refractivity contribution in [1.29, 1.82) is 0 Å². The van der Waals surface area contributed by atoms with Crippen molar-refractivity contribution in [3.05, 3.63) is 47.7 Å². The van der Waals surface area contributed by atoms with E-state index in [0.29, 0.717) is 23.7 Å². The summed E-state index contributed by atoms with van der Waals surface area (Å²) in [5.41, 5.74) is 5.61. The van der Waals surface area contributed by atoms with E-state index in [-0.39, 0.29) is 5.95 Å².